The van der Waals surface area contributed by atoms with Gasteiger partial charge in [0.05, 0.1) is 11.1 Å². The lowest BCUT2D eigenvalue weighted by atomic mass is 10.1. The molecular weight excluding hydrogens is 320 g/mol. The Kier molecular flexibility index (Phi) is 4.79. The van der Waals surface area contributed by atoms with E-state index in [0.29, 0.717) is 15.6 Å². The Morgan fingerprint density at radius 2 is 1.80 bits per heavy atom. The molecule has 2 aromatic carbocycles. The second kappa shape index (κ2) is 6.21. The maximum Gasteiger partial charge on any atom is 0.142 e. The molecule has 0 aromatic heterocycles. The first-order valence-corrected chi connectivity index (χ1v) is 7.19. The highest BCUT2D eigenvalue weighted by Crippen LogP contribution is 2.34. The molecule has 1 unspecified atom stereocenters. The molecule has 0 spiro atoms. The van der Waals surface area contributed by atoms with Crippen molar-refractivity contribution < 1.29 is 4.39 Å². The number of anilines is 1. The molecule has 1 N–H and O–H groups in total. The smallest absolute Gasteiger partial charge is 0.142 e. The highest BCUT2D eigenvalue weighted by atomic mass is 35.5. The topological polar surface area (TPSA) is 12.0 Å². The van der Waals surface area contributed by atoms with Crippen molar-refractivity contribution in [3.8, 4) is 0 Å². The third-order valence-electron chi connectivity index (χ3n) is 3.07. The summed E-state index contributed by atoms with van der Waals surface area (Å²) in [6, 6.07) is 8.05. The van der Waals surface area contributed by atoms with Crippen molar-refractivity contribution in [2.45, 2.75) is 19.9 Å². The summed E-state index contributed by atoms with van der Waals surface area (Å²) in [5.74, 6) is -0.479. The van der Waals surface area contributed by atoms with Crippen molar-refractivity contribution in [2.24, 2.45) is 0 Å². The van der Waals surface area contributed by atoms with Crippen molar-refractivity contribution >= 4 is 40.5 Å². The maximum absolute atomic E-state index is 13.6. The average Bonchev–Trinajstić information content (AvgIpc) is 2.38. The van der Waals surface area contributed by atoms with Gasteiger partial charge < -0.3 is 5.32 Å². The molecule has 1 atom stereocenters. The lowest BCUT2D eigenvalue weighted by molar-refractivity contribution is 0.624. The third-order valence-corrected chi connectivity index (χ3v) is 4.02. The lowest BCUT2D eigenvalue weighted by Gasteiger charge is -2.20. The number of nitrogens with one attached hydrogen (secondary N) is 1. The molecule has 5 heteroatoms. The van der Waals surface area contributed by atoms with Gasteiger partial charge in [-0.05, 0) is 49.7 Å². The van der Waals surface area contributed by atoms with Crippen LogP contribution in [0.25, 0.3) is 0 Å². The number of hydrogen-bond donors (Lipinski definition) is 1. The fraction of sp³-hybridized carbons (Fsp3) is 0.200. The zero-order valence-electron chi connectivity index (χ0n) is 11.0. The molecule has 0 aliphatic rings. The minimum atomic E-state index is -0.479. The summed E-state index contributed by atoms with van der Waals surface area (Å²) in [6.07, 6.45) is 0. The van der Waals surface area contributed by atoms with Crippen LogP contribution < -0.4 is 5.32 Å². The predicted molar refractivity (Wildman–Crippen MR) is 84.6 cm³/mol. The molecule has 20 heavy (non-hydrogen) atoms. The predicted octanol–water partition coefficient (Wildman–Crippen LogP) is 6.27. The summed E-state index contributed by atoms with van der Waals surface area (Å²) in [6.45, 7) is 3.82. The zero-order chi connectivity index (χ0) is 14.9. The molecule has 0 amide bonds. The zero-order valence-corrected chi connectivity index (χ0v) is 13.2. The Labute approximate surface area is 132 Å². The summed E-state index contributed by atoms with van der Waals surface area (Å²) in [5.41, 5.74) is 2.44. The van der Waals surface area contributed by atoms with Gasteiger partial charge in [0, 0.05) is 21.3 Å². The Bertz CT molecular complexity index is 643. The molecular formula is C15H13Cl3FN. The van der Waals surface area contributed by atoms with Gasteiger partial charge in [0.2, 0.25) is 0 Å². The Balaban J connectivity index is 2.33. The first-order chi connectivity index (χ1) is 9.40. The number of hydrogen-bond acceptors (Lipinski definition) is 1. The molecule has 0 aliphatic heterocycles. The van der Waals surface area contributed by atoms with Gasteiger partial charge >= 0.3 is 0 Å². The molecule has 0 saturated heterocycles. The number of rotatable bonds is 3. The standard InChI is InChI=1S/C15H13Cl3FN/c1-8-7-10(16)3-6-13(8)20-9(2)14-11(17)4-5-12(19)15(14)18/h3-7,9,20H,1-2H3. The van der Waals surface area contributed by atoms with Crippen molar-refractivity contribution in [3.05, 3.63) is 62.3 Å². The van der Waals surface area contributed by atoms with E-state index in [1.807, 2.05) is 26.0 Å². The van der Waals surface area contributed by atoms with Gasteiger partial charge in [-0.2, -0.15) is 0 Å². The van der Waals surface area contributed by atoms with E-state index in [0.717, 1.165) is 11.3 Å². The minimum absolute atomic E-state index is 0.0455. The van der Waals surface area contributed by atoms with Gasteiger partial charge in [-0.3, -0.25) is 0 Å². The van der Waals surface area contributed by atoms with E-state index >= 15 is 0 Å². The van der Waals surface area contributed by atoms with E-state index in [1.54, 1.807) is 6.07 Å². The van der Waals surface area contributed by atoms with E-state index < -0.39 is 5.82 Å². The molecule has 2 rings (SSSR count). The minimum Gasteiger partial charge on any atom is -0.378 e. The largest absolute Gasteiger partial charge is 0.378 e. The fourth-order valence-corrected chi connectivity index (χ4v) is 2.96. The highest BCUT2D eigenvalue weighted by Gasteiger charge is 2.17. The van der Waals surface area contributed by atoms with Crippen LogP contribution in [-0.4, -0.2) is 0 Å². The second-order valence-electron chi connectivity index (χ2n) is 4.58. The number of aryl methyl sites for hydroxylation is 1. The van der Waals surface area contributed by atoms with E-state index in [4.69, 9.17) is 34.8 Å². The van der Waals surface area contributed by atoms with Gasteiger partial charge in [-0.1, -0.05) is 34.8 Å². The summed E-state index contributed by atoms with van der Waals surface area (Å²) >= 11 is 18.0. The quantitative estimate of drug-likeness (QED) is 0.653. The van der Waals surface area contributed by atoms with E-state index in [-0.39, 0.29) is 11.1 Å². The van der Waals surface area contributed by atoms with E-state index in [2.05, 4.69) is 5.32 Å². The van der Waals surface area contributed by atoms with Gasteiger partial charge in [-0.25, -0.2) is 4.39 Å². The summed E-state index contributed by atoms with van der Waals surface area (Å²) in [4.78, 5) is 0. The third kappa shape index (κ3) is 3.20. The molecule has 1 nitrogen and oxygen atoms in total. The molecule has 0 aliphatic carbocycles. The van der Waals surface area contributed by atoms with Crippen LogP contribution in [-0.2, 0) is 0 Å². The number of halogens is 4. The first-order valence-electron chi connectivity index (χ1n) is 6.06. The SMILES string of the molecule is Cc1cc(Cl)ccc1NC(C)c1c(Cl)ccc(F)c1Cl. The maximum atomic E-state index is 13.6. The molecule has 0 radical (unpaired) electrons. The molecule has 2 aromatic rings. The van der Waals surface area contributed by atoms with Crippen LogP contribution in [0, 0.1) is 12.7 Å². The first kappa shape index (κ1) is 15.4. The molecule has 0 bridgehead atoms. The monoisotopic (exact) mass is 331 g/mol. The Morgan fingerprint density at radius 1 is 1.10 bits per heavy atom. The molecule has 0 fully saturated rings. The van der Waals surface area contributed by atoms with E-state index in [9.17, 15) is 4.39 Å². The van der Waals surface area contributed by atoms with Gasteiger partial charge in [0.1, 0.15) is 5.82 Å². The van der Waals surface area contributed by atoms with Crippen LogP contribution in [0.2, 0.25) is 15.1 Å². The van der Waals surface area contributed by atoms with Crippen LogP contribution in [0.15, 0.2) is 30.3 Å². The fourth-order valence-electron chi connectivity index (χ4n) is 2.03. The number of benzene rings is 2. The van der Waals surface area contributed by atoms with Crippen molar-refractivity contribution in [2.75, 3.05) is 5.32 Å². The Hall–Kier alpha value is -0.960. The van der Waals surface area contributed by atoms with Crippen molar-refractivity contribution in [1.82, 2.24) is 0 Å². The van der Waals surface area contributed by atoms with Crippen LogP contribution >= 0.6 is 34.8 Å². The molecule has 0 heterocycles. The lowest BCUT2D eigenvalue weighted by Crippen LogP contribution is -2.09. The van der Waals surface area contributed by atoms with Crippen LogP contribution in [0.1, 0.15) is 24.1 Å². The van der Waals surface area contributed by atoms with Gasteiger partial charge in [-0.15, -0.1) is 0 Å². The van der Waals surface area contributed by atoms with Crippen LogP contribution in [0.5, 0.6) is 0 Å². The molecule has 106 valence electrons. The highest BCUT2D eigenvalue weighted by molar-refractivity contribution is 6.36. The Morgan fingerprint density at radius 3 is 2.45 bits per heavy atom. The second-order valence-corrected chi connectivity index (χ2v) is 5.80. The van der Waals surface area contributed by atoms with Gasteiger partial charge in [0.15, 0.2) is 0 Å². The van der Waals surface area contributed by atoms with Crippen molar-refractivity contribution in [1.29, 1.82) is 0 Å². The average molecular weight is 333 g/mol. The van der Waals surface area contributed by atoms with Gasteiger partial charge in [0.25, 0.3) is 0 Å². The van der Waals surface area contributed by atoms with Crippen LogP contribution in [0.4, 0.5) is 10.1 Å². The normalized spacial score (nSPS) is 12.3. The van der Waals surface area contributed by atoms with Crippen LogP contribution in [0.3, 0.4) is 0 Å². The van der Waals surface area contributed by atoms with Crippen molar-refractivity contribution in [3.63, 3.8) is 0 Å². The van der Waals surface area contributed by atoms with E-state index in [1.165, 1.54) is 12.1 Å². The summed E-state index contributed by atoms with van der Waals surface area (Å²) in [7, 11) is 0. The molecule has 0 saturated carbocycles. The summed E-state index contributed by atoms with van der Waals surface area (Å²) < 4.78 is 13.6. The summed E-state index contributed by atoms with van der Waals surface area (Å²) in [5, 5.41) is 4.42.